The molecule has 0 spiro atoms. The average Bonchev–Trinajstić information content (AvgIpc) is 2.43. The standard InChI is InChI=1S/C17H20BrFN2/c1-12-6-7-16(19)15(8-12)17(10-20)21(2)11-13-4-3-5-14(18)9-13/h3-9,17H,10-11,20H2,1-2H3. The molecule has 0 heterocycles. The van der Waals surface area contributed by atoms with Crippen LogP contribution in [-0.4, -0.2) is 18.5 Å². The van der Waals surface area contributed by atoms with Crippen LogP contribution in [0.1, 0.15) is 22.7 Å². The van der Waals surface area contributed by atoms with Crippen LogP contribution < -0.4 is 5.73 Å². The van der Waals surface area contributed by atoms with Crippen LogP contribution in [0.4, 0.5) is 4.39 Å². The summed E-state index contributed by atoms with van der Waals surface area (Å²) < 4.78 is 15.1. The number of hydrogen-bond donors (Lipinski definition) is 1. The number of benzene rings is 2. The molecule has 21 heavy (non-hydrogen) atoms. The predicted molar refractivity (Wildman–Crippen MR) is 88.5 cm³/mol. The largest absolute Gasteiger partial charge is 0.329 e. The molecule has 2 aromatic carbocycles. The van der Waals surface area contributed by atoms with Crippen molar-refractivity contribution in [1.29, 1.82) is 0 Å². The molecule has 0 bridgehead atoms. The first-order valence-electron chi connectivity index (χ1n) is 6.92. The number of hydrogen-bond acceptors (Lipinski definition) is 2. The maximum Gasteiger partial charge on any atom is 0.128 e. The zero-order valence-corrected chi connectivity index (χ0v) is 13.9. The molecule has 2 aromatic rings. The molecule has 2 rings (SSSR count). The van der Waals surface area contributed by atoms with E-state index in [0.29, 0.717) is 18.7 Å². The van der Waals surface area contributed by atoms with Crippen molar-refractivity contribution in [3.8, 4) is 0 Å². The summed E-state index contributed by atoms with van der Waals surface area (Å²) in [6.07, 6.45) is 0. The van der Waals surface area contributed by atoms with E-state index in [2.05, 4.69) is 33.0 Å². The van der Waals surface area contributed by atoms with E-state index < -0.39 is 0 Å². The maximum atomic E-state index is 14.1. The summed E-state index contributed by atoms with van der Waals surface area (Å²) in [5.41, 5.74) is 8.76. The van der Waals surface area contributed by atoms with Crippen molar-refractivity contribution in [3.63, 3.8) is 0 Å². The second kappa shape index (κ2) is 7.16. The fourth-order valence-corrected chi connectivity index (χ4v) is 2.94. The molecule has 2 N–H and O–H groups in total. The number of aryl methyl sites for hydroxylation is 1. The first kappa shape index (κ1) is 16.1. The van der Waals surface area contributed by atoms with Crippen molar-refractivity contribution in [2.24, 2.45) is 5.73 Å². The molecular formula is C17H20BrFN2. The van der Waals surface area contributed by atoms with Crippen molar-refractivity contribution >= 4 is 15.9 Å². The van der Waals surface area contributed by atoms with E-state index in [1.54, 1.807) is 6.07 Å². The van der Waals surface area contributed by atoms with E-state index in [4.69, 9.17) is 5.73 Å². The van der Waals surface area contributed by atoms with Gasteiger partial charge in [-0.05, 0) is 37.7 Å². The Morgan fingerprint density at radius 1 is 1.24 bits per heavy atom. The van der Waals surface area contributed by atoms with Crippen LogP contribution in [-0.2, 0) is 6.54 Å². The quantitative estimate of drug-likeness (QED) is 0.881. The summed E-state index contributed by atoms with van der Waals surface area (Å²) in [4.78, 5) is 2.08. The van der Waals surface area contributed by atoms with Gasteiger partial charge in [0.25, 0.3) is 0 Å². The van der Waals surface area contributed by atoms with Gasteiger partial charge in [0.2, 0.25) is 0 Å². The zero-order valence-electron chi connectivity index (χ0n) is 12.3. The first-order chi connectivity index (χ1) is 10.0. The number of nitrogens with two attached hydrogens (primary N) is 1. The molecule has 0 amide bonds. The summed E-state index contributed by atoms with van der Waals surface area (Å²) in [6.45, 7) is 3.06. The Kier molecular flexibility index (Phi) is 5.51. The molecule has 0 fully saturated rings. The molecule has 0 saturated heterocycles. The van der Waals surface area contributed by atoms with Gasteiger partial charge in [0.1, 0.15) is 5.82 Å². The minimum absolute atomic E-state index is 0.135. The van der Waals surface area contributed by atoms with Crippen LogP contribution in [0.5, 0.6) is 0 Å². The fourth-order valence-electron chi connectivity index (χ4n) is 2.50. The highest BCUT2D eigenvalue weighted by Crippen LogP contribution is 2.24. The predicted octanol–water partition coefficient (Wildman–Crippen LogP) is 4.03. The van der Waals surface area contributed by atoms with Gasteiger partial charge in [-0.1, -0.05) is 45.8 Å². The Balaban J connectivity index is 2.22. The van der Waals surface area contributed by atoms with Crippen LogP contribution in [0.25, 0.3) is 0 Å². The Labute approximate surface area is 133 Å². The lowest BCUT2D eigenvalue weighted by Crippen LogP contribution is -2.31. The van der Waals surface area contributed by atoms with E-state index in [1.807, 2.05) is 32.2 Å². The third-order valence-corrected chi connectivity index (χ3v) is 4.08. The molecule has 2 nitrogen and oxygen atoms in total. The van der Waals surface area contributed by atoms with E-state index in [9.17, 15) is 4.39 Å². The number of halogens is 2. The summed E-state index contributed by atoms with van der Waals surface area (Å²) in [5.74, 6) is -0.197. The molecule has 112 valence electrons. The van der Waals surface area contributed by atoms with Gasteiger partial charge in [0, 0.05) is 29.2 Å². The van der Waals surface area contributed by atoms with Crippen molar-refractivity contribution in [3.05, 3.63) is 69.4 Å². The van der Waals surface area contributed by atoms with Crippen molar-refractivity contribution in [2.45, 2.75) is 19.5 Å². The van der Waals surface area contributed by atoms with Gasteiger partial charge in [-0.2, -0.15) is 0 Å². The van der Waals surface area contributed by atoms with Gasteiger partial charge in [-0.15, -0.1) is 0 Å². The minimum atomic E-state index is -0.197. The number of rotatable bonds is 5. The normalized spacial score (nSPS) is 12.7. The molecule has 0 aromatic heterocycles. The Hall–Kier alpha value is -1.23. The summed E-state index contributed by atoms with van der Waals surface area (Å²) >= 11 is 3.47. The molecule has 0 aliphatic carbocycles. The first-order valence-corrected chi connectivity index (χ1v) is 7.71. The third kappa shape index (κ3) is 4.13. The summed E-state index contributed by atoms with van der Waals surface area (Å²) in [6, 6.07) is 13.1. The lowest BCUT2D eigenvalue weighted by molar-refractivity contribution is 0.236. The number of nitrogens with zero attached hydrogens (tertiary/aromatic N) is 1. The highest BCUT2D eigenvalue weighted by atomic mass is 79.9. The molecule has 4 heteroatoms. The van der Waals surface area contributed by atoms with Crippen molar-refractivity contribution < 1.29 is 4.39 Å². The van der Waals surface area contributed by atoms with Crippen LogP contribution in [0, 0.1) is 12.7 Å². The van der Waals surface area contributed by atoms with E-state index in [-0.39, 0.29) is 11.9 Å². The molecular weight excluding hydrogens is 331 g/mol. The molecule has 0 radical (unpaired) electrons. The summed E-state index contributed by atoms with van der Waals surface area (Å²) in [5, 5.41) is 0. The zero-order chi connectivity index (χ0) is 15.4. The lowest BCUT2D eigenvalue weighted by Gasteiger charge is -2.28. The van der Waals surface area contributed by atoms with Gasteiger partial charge in [0.15, 0.2) is 0 Å². The Bertz CT molecular complexity index is 615. The van der Waals surface area contributed by atoms with Gasteiger partial charge in [-0.3, -0.25) is 4.90 Å². The smallest absolute Gasteiger partial charge is 0.128 e. The van der Waals surface area contributed by atoms with Crippen LogP contribution in [0.3, 0.4) is 0 Å². The van der Waals surface area contributed by atoms with Gasteiger partial charge < -0.3 is 5.73 Å². The monoisotopic (exact) mass is 350 g/mol. The van der Waals surface area contributed by atoms with Crippen molar-refractivity contribution in [2.75, 3.05) is 13.6 Å². The minimum Gasteiger partial charge on any atom is -0.329 e. The van der Waals surface area contributed by atoms with Gasteiger partial charge >= 0.3 is 0 Å². The second-order valence-electron chi connectivity index (χ2n) is 5.32. The fraction of sp³-hybridized carbons (Fsp3) is 0.294. The molecule has 1 atom stereocenters. The Morgan fingerprint density at radius 2 is 2.00 bits per heavy atom. The highest BCUT2D eigenvalue weighted by Gasteiger charge is 2.19. The van der Waals surface area contributed by atoms with E-state index in [1.165, 1.54) is 11.6 Å². The number of likely N-dealkylation sites (N-methyl/N-ethyl adjacent to an activating group) is 1. The van der Waals surface area contributed by atoms with Gasteiger partial charge in [0.05, 0.1) is 0 Å². The molecule has 0 aliphatic rings. The van der Waals surface area contributed by atoms with E-state index >= 15 is 0 Å². The van der Waals surface area contributed by atoms with Crippen LogP contribution in [0.2, 0.25) is 0 Å². The van der Waals surface area contributed by atoms with Gasteiger partial charge in [-0.25, -0.2) is 4.39 Å². The summed E-state index contributed by atoms with van der Waals surface area (Å²) in [7, 11) is 1.97. The second-order valence-corrected chi connectivity index (χ2v) is 6.24. The van der Waals surface area contributed by atoms with E-state index in [0.717, 1.165) is 10.0 Å². The van der Waals surface area contributed by atoms with Crippen LogP contribution in [0.15, 0.2) is 46.9 Å². The Morgan fingerprint density at radius 3 is 2.67 bits per heavy atom. The van der Waals surface area contributed by atoms with Crippen LogP contribution >= 0.6 is 15.9 Å². The lowest BCUT2D eigenvalue weighted by atomic mass is 10.0. The topological polar surface area (TPSA) is 29.3 Å². The molecule has 0 saturated carbocycles. The molecule has 0 aliphatic heterocycles. The maximum absolute atomic E-state index is 14.1. The highest BCUT2D eigenvalue weighted by molar-refractivity contribution is 9.10. The third-order valence-electron chi connectivity index (χ3n) is 3.59. The SMILES string of the molecule is Cc1ccc(F)c(C(CN)N(C)Cc2cccc(Br)c2)c1. The average molecular weight is 351 g/mol. The van der Waals surface area contributed by atoms with Crippen molar-refractivity contribution in [1.82, 2.24) is 4.90 Å². The molecule has 1 unspecified atom stereocenters.